The number of nitrogens with one attached hydrogen (secondary N) is 1. The van der Waals surface area contributed by atoms with E-state index in [9.17, 15) is 0 Å². The molecule has 1 aromatic rings. The number of aromatic amines is 1. The Morgan fingerprint density at radius 3 is 3.00 bits per heavy atom. The van der Waals surface area contributed by atoms with Gasteiger partial charge in [-0.05, 0) is 5.92 Å². The van der Waals surface area contributed by atoms with E-state index in [0.29, 0.717) is 5.92 Å². The SMILES string of the molecule is CCC(C)C(N)CSc1ncn[nH]1. The lowest BCUT2D eigenvalue weighted by Gasteiger charge is -2.16. The van der Waals surface area contributed by atoms with Crippen molar-refractivity contribution in [3.63, 3.8) is 0 Å². The Bertz CT molecular complexity index is 224. The summed E-state index contributed by atoms with van der Waals surface area (Å²) in [6, 6.07) is 0.236. The van der Waals surface area contributed by atoms with Crippen molar-refractivity contribution in [1.82, 2.24) is 15.2 Å². The standard InChI is InChI=1S/C8H16N4S/c1-3-6(2)7(9)4-13-8-10-5-11-12-8/h5-7H,3-4,9H2,1-2H3,(H,10,11,12). The second-order valence-electron chi connectivity index (χ2n) is 3.15. The maximum absolute atomic E-state index is 5.96. The Morgan fingerprint density at radius 1 is 1.69 bits per heavy atom. The molecule has 0 aliphatic rings. The highest BCUT2D eigenvalue weighted by atomic mass is 32.2. The fourth-order valence-corrected chi connectivity index (χ4v) is 1.82. The lowest BCUT2D eigenvalue weighted by Crippen LogP contribution is -2.30. The van der Waals surface area contributed by atoms with E-state index in [0.717, 1.165) is 17.3 Å². The lowest BCUT2D eigenvalue weighted by molar-refractivity contribution is 0.475. The van der Waals surface area contributed by atoms with Gasteiger partial charge in [-0.25, -0.2) is 4.98 Å². The van der Waals surface area contributed by atoms with Gasteiger partial charge in [-0.3, -0.25) is 5.10 Å². The van der Waals surface area contributed by atoms with Gasteiger partial charge in [0, 0.05) is 11.8 Å². The van der Waals surface area contributed by atoms with Crippen LogP contribution in [0.15, 0.2) is 11.5 Å². The van der Waals surface area contributed by atoms with E-state index < -0.39 is 0 Å². The number of H-pyrrole nitrogens is 1. The Morgan fingerprint density at radius 2 is 2.46 bits per heavy atom. The van der Waals surface area contributed by atoms with E-state index in [2.05, 4.69) is 29.0 Å². The van der Waals surface area contributed by atoms with Crippen LogP contribution in [0.25, 0.3) is 0 Å². The molecule has 0 bridgehead atoms. The van der Waals surface area contributed by atoms with Gasteiger partial charge in [0.05, 0.1) is 0 Å². The zero-order chi connectivity index (χ0) is 9.68. The van der Waals surface area contributed by atoms with Gasteiger partial charge in [-0.1, -0.05) is 32.0 Å². The summed E-state index contributed by atoms with van der Waals surface area (Å²) < 4.78 is 0. The predicted octanol–water partition coefficient (Wildman–Crippen LogP) is 1.27. The van der Waals surface area contributed by atoms with Crippen molar-refractivity contribution < 1.29 is 0 Å². The van der Waals surface area contributed by atoms with Crippen LogP contribution in [0, 0.1) is 5.92 Å². The summed E-state index contributed by atoms with van der Waals surface area (Å²) in [4.78, 5) is 4.01. The first-order valence-corrected chi connectivity index (χ1v) is 5.46. The highest BCUT2D eigenvalue weighted by molar-refractivity contribution is 7.99. The summed E-state index contributed by atoms with van der Waals surface area (Å²) in [7, 11) is 0. The molecular weight excluding hydrogens is 184 g/mol. The first kappa shape index (κ1) is 10.5. The molecule has 1 rings (SSSR count). The molecule has 0 aliphatic carbocycles. The van der Waals surface area contributed by atoms with E-state index in [-0.39, 0.29) is 6.04 Å². The predicted molar refractivity (Wildman–Crippen MR) is 54.5 cm³/mol. The maximum atomic E-state index is 5.96. The van der Waals surface area contributed by atoms with Gasteiger partial charge in [0.15, 0.2) is 5.16 Å². The Kier molecular flexibility index (Phi) is 4.24. The molecule has 0 saturated carbocycles. The number of hydrogen-bond acceptors (Lipinski definition) is 4. The molecule has 2 unspecified atom stereocenters. The van der Waals surface area contributed by atoms with Crippen LogP contribution >= 0.6 is 11.8 Å². The molecule has 0 aromatic carbocycles. The van der Waals surface area contributed by atoms with Crippen LogP contribution in [-0.4, -0.2) is 27.0 Å². The smallest absolute Gasteiger partial charge is 0.183 e. The van der Waals surface area contributed by atoms with Gasteiger partial charge >= 0.3 is 0 Å². The van der Waals surface area contributed by atoms with Crippen molar-refractivity contribution in [3.8, 4) is 0 Å². The quantitative estimate of drug-likeness (QED) is 0.702. The largest absolute Gasteiger partial charge is 0.327 e. The Labute approximate surface area is 82.7 Å². The van der Waals surface area contributed by atoms with Crippen molar-refractivity contribution in [3.05, 3.63) is 6.33 Å². The van der Waals surface area contributed by atoms with Crippen molar-refractivity contribution in [2.24, 2.45) is 11.7 Å². The van der Waals surface area contributed by atoms with Crippen molar-refractivity contribution >= 4 is 11.8 Å². The summed E-state index contributed by atoms with van der Waals surface area (Å²) in [6.45, 7) is 4.33. The molecule has 5 heteroatoms. The fraction of sp³-hybridized carbons (Fsp3) is 0.750. The molecule has 0 spiro atoms. The zero-order valence-electron chi connectivity index (χ0n) is 8.03. The van der Waals surface area contributed by atoms with Crippen LogP contribution in [0.3, 0.4) is 0 Å². The normalized spacial score (nSPS) is 15.6. The summed E-state index contributed by atoms with van der Waals surface area (Å²) in [5.41, 5.74) is 5.96. The highest BCUT2D eigenvalue weighted by Gasteiger charge is 2.11. The third-order valence-corrected chi connectivity index (χ3v) is 3.20. The van der Waals surface area contributed by atoms with E-state index >= 15 is 0 Å². The van der Waals surface area contributed by atoms with Crippen molar-refractivity contribution in [1.29, 1.82) is 0 Å². The lowest BCUT2D eigenvalue weighted by atomic mass is 10.0. The van der Waals surface area contributed by atoms with Gasteiger partial charge < -0.3 is 5.73 Å². The van der Waals surface area contributed by atoms with Crippen LogP contribution in [0.2, 0.25) is 0 Å². The average molecular weight is 200 g/mol. The molecule has 1 aromatic heterocycles. The number of aromatic nitrogens is 3. The minimum atomic E-state index is 0.236. The number of rotatable bonds is 5. The number of nitrogens with zero attached hydrogens (tertiary/aromatic N) is 2. The second kappa shape index (κ2) is 5.24. The van der Waals surface area contributed by atoms with Crippen LogP contribution in [-0.2, 0) is 0 Å². The minimum Gasteiger partial charge on any atom is -0.327 e. The van der Waals surface area contributed by atoms with E-state index in [1.54, 1.807) is 11.8 Å². The van der Waals surface area contributed by atoms with E-state index in [1.807, 2.05) is 0 Å². The van der Waals surface area contributed by atoms with Crippen LogP contribution < -0.4 is 5.73 Å². The van der Waals surface area contributed by atoms with Gasteiger partial charge in [-0.15, -0.1) is 0 Å². The summed E-state index contributed by atoms with van der Waals surface area (Å²) in [5, 5.41) is 7.41. The Hall–Kier alpha value is -0.550. The molecule has 0 aliphatic heterocycles. The van der Waals surface area contributed by atoms with E-state index in [1.165, 1.54) is 6.33 Å². The molecule has 0 saturated heterocycles. The molecule has 0 fully saturated rings. The number of hydrogen-bond donors (Lipinski definition) is 2. The van der Waals surface area contributed by atoms with Gasteiger partial charge in [-0.2, -0.15) is 5.10 Å². The molecule has 3 N–H and O–H groups in total. The van der Waals surface area contributed by atoms with Crippen LogP contribution in [0.1, 0.15) is 20.3 Å². The van der Waals surface area contributed by atoms with Gasteiger partial charge in [0.2, 0.25) is 0 Å². The summed E-state index contributed by atoms with van der Waals surface area (Å²) >= 11 is 1.62. The monoisotopic (exact) mass is 200 g/mol. The minimum absolute atomic E-state index is 0.236. The van der Waals surface area contributed by atoms with Crippen molar-refractivity contribution in [2.45, 2.75) is 31.5 Å². The van der Waals surface area contributed by atoms with E-state index in [4.69, 9.17) is 5.73 Å². The van der Waals surface area contributed by atoms with Crippen LogP contribution in [0.5, 0.6) is 0 Å². The summed E-state index contributed by atoms with van der Waals surface area (Å²) in [5.74, 6) is 1.46. The number of thioether (sulfide) groups is 1. The van der Waals surface area contributed by atoms with Crippen LogP contribution in [0.4, 0.5) is 0 Å². The maximum Gasteiger partial charge on any atom is 0.183 e. The average Bonchev–Trinajstić information content (AvgIpc) is 2.65. The molecule has 0 amide bonds. The number of nitrogens with two attached hydrogens (primary N) is 1. The third kappa shape index (κ3) is 3.36. The molecule has 1 heterocycles. The molecule has 4 nitrogen and oxygen atoms in total. The molecular formula is C8H16N4S. The first-order chi connectivity index (χ1) is 6.24. The molecule has 13 heavy (non-hydrogen) atoms. The molecule has 0 radical (unpaired) electrons. The summed E-state index contributed by atoms with van der Waals surface area (Å²) in [6.07, 6.45) is 2.63. The van der Waals surface area contributed by atoms with Crippen molar-refractivity contribution in [2.75, 3.05) is 5.75 Å². The second-order valence-corrected chi connectivity index (χ2v) is 4.16. The topological polar surface area (TPSA) is 67.6 Å². The van der Waals surface area contributed by atoms with Gasteiger partial charge in [0.25, 0.3) is 0 Å². The first-order valence-electron chi connectivity index (χ1n) is 4.47. The third-order valence-electron chi connectivity index (χ3n) is 2.18. The molecule has 2 atom stereocenters. The highest BCUT2D eigenvalue weighted by Crippen LogP contribution is 2.16. The molecule has 74 valence electrons. The Balaban J connectivity index is 2.26. The fourth-order valence-electron chi connectivity index (χ4n) is 0.906. The zero-order valence-corrected chi connectivity index (χ0v) is 8.84. The van der Waals surface area contributed by atoms with Gasteiger partial charge in [0.1, 0.15) is 6.33 Å².